The summed E-state index contributed by atoms with van der Waals surface area (Å²) in [5.74, 6) is 0.755. The summed E-state index contributed by atoms with van der Waals surface area (Å²) in [4.78, 5) is 21.1. The molecule has 0 saturated heterocycles. The van der Waals surface area contributed by atoms with Crippen LogP contribution >= 0.6 is 0 Å². The highest BCUT2D eigenvalue weighted by Crippen LogP contribution is 2.33. The van der Waals surface area contributed by atoms with E-state index < -0.39 is 0 Å². The zero-order valence-corrected chi connectivity index (χ0v) is 12.8. The molecule has 4 heteroatoms. The fraction of sp³-hybridized carbons (Fsp3) is 0.158. The number of aryl methyl sites for hydroxylation is 2. The molecule has 0 saturated carbocycles. The fourth-order valence-corrected chi connectivity index (χ4v) is 3.60. The number of nitrogens with zero attached hydrogens (tertiary/aromatic N) is 2. The first kappa shape index (κ1) is 12.6. The van der Waals surface area contributed by atoms with Crippen LogP contribution in [0, 0.1) is 6.92 Å². The van der Waals surface area contributed by atoms with E-state index in [0.29, 0.717) is 11.9 Å². The minimum atomic E-state index is 0.0503. The Balaban J connectivity index is 1.91. The Morgan fingerprint density at radius 3 is 2.91 bits per heavy atom. The number of nitrogens with one attached hydrogen (secondary N) is 1. The lowest BCUT2D eigenvalue weighted by molar-refractivity contribution is 0.653. The first-order valence-electron chi connectivity index (χ1n) is 7.83. The smallest absolute Gasteiger partial charge is 0.261 e. The van der Waals surface area contributed by atoms with E-state index in [0.717, 1.165) is 34.5 Å². The van der Waals surface area contributed by atoms with Gasteiger partial charge in [0.05, 0.1) is 16.6 Å². The van der Waals surface area contributed by atoms with Gasteiger partial charge in [0.1, 0.15) is 0 Å². The minimum absolute atomic E-state index is 0.0503. The van der Waals surface area contributed by atoms with Crippen LogP contribution in [0.5, 0.6) is 0 Å². The molecule has 112 valence electrons. The standard InChI is InChI=1S/C19H15N3O/c1-11-6-7-14-16(10-11)21-18-17-13(8-9-22(18)19(14)23)12-4-2-3-5-15(12)20-17/h2-7,10,20H,8-9H2,1H3. The lowest BCUT2D eigenvalue weighted by Gasteiger charge is -2.18. The SMILES string of the molecule is Cc1ccc2c(=O)n3c(nc2c1)-c1[nH]c2ccccc2c1CC3. The molecule has 0 spiro atoms. The van der Waals surface area contributed by atoms with E-state index >= 15 is 0 Å². The molecule has 1 N–H and O–H groups in total. The average Bonchev–Trinajstić information content (AvgIpc) is 2.94. The van der Waals surface area contributed by atoms with Crippen LogP contribution < -0.4 is 5.56 Å². The van der Waals surface area contributed by atoms with Gasteiger partial charge in [0.2, 0.25) is 0 Å². The van der Waals surface area contributed by atoms with Crippen molar-refractivity contribution in [1.82, 2.24) is 14.5 Å². The molecule has 0 radical (unpaired) electrons. The molecule has 0 fully saturated rings. The number of aromatic amines is 1. The molecule has 1 aliphatic rings. The zero-order valence-electron chi connectivity index (χ0n) is 12.8. The molecule has 4 nitrogen and oxygen atoms in total. The highest BCUT2D eigenvalue weighted by atomic mass is 16.1. The van der Waals surface area contributed by atoms with Crippen LogP contribution in [0.3, 0.4) is 0 Å². The van der Waals surface area contributed by atoms with Crippen molar-refractivity contribution in [3.05, 3.63) is 63.9 Å². The second-order valence-electron chi connectivity index (χ2n) is 6.19. The summed E-state index contributed by atoms with van der Waals surface area (Å²) >= 11 is 0. The average molecular weight is 301 g/mol. The predicted molar refractivity (Wildman–Crippen MR) is 91.7 cm³/mol. The van der Waals surface area contributed by atoms with E-state index in [4.69, 9.17) is 4.98 Å². The Morgan fingerprint density at radius 1 is 1.13 bits per heavy atom. The van der Waals surface area contributed by atoms with Crippen LogP contribution in [-0.4, -0.2) is 14.5 Å². The van der Waals surface area contributed by atoms with Crippen molar-refractivity contribution in [2.24, 2.45) is 0 Å². The normalized spacial score (nSPS) is 13.3. The molecule has 2 aromatic carbocycles. The van der Waals surface area contributed by atoms with Gasteiger partial charge in [-0.05, 0) is 42.7 Å². The van der Waals surface area contributed by atoms with E-state index in [-0.39, 0.29) is 5.56 Å². The Kier molecular flexibility index (Phi) is 2.37. The monoisotopic (exact) mass is 301 g/mol. The molecule has 0 amide bonds. The summed E-state index contributed by atoms with van der Waals surface area (Å²) in [6.45, 7) is 2.70. The quantitative estimate of drug-likeness (QED) is 0.541. The Bertz CT molecular complexity index is 1150. The van der Waals surface area contributed by atoms with E-state index in [2.05, 4.69) is 23.2 Å². The van der Waals surface area contributed by atoms with Gasteiger partial charge in [-0.1, -0.05) is 24.3 Å². The largest absolute Gasteiger partial charge is 0.352 e. The van der Waals surface area contributed by atoms with Gasteiger partial charge in [-0.15, -0.1) is 0 Å². The number of aromatic nitrogens is 3. The molecular weight excluding hydrogens is 286 g/mol. The van der Waals surface area contributed by atoms with Gasteiger partial charge in [0, 0.05) is 17.4 Å². The van der Waals surface area contributed by atoms with Gasteiger partial charge in [-0.3, -0.25) is 9.36 Å². The van der Waals surface area contributed by atoms with Crippen molar-refractivity contribution in [3.63, 3.8) is 0 Å². The third-order valence-corrected chi connectivity index (χ3v) is 4.73. The molecule has 3 heterocycles. The molecule has 0 bridgehead atoms. The van der Waals surface area contributed by atoms with Crippen LogP contribution in [-0.2, 0) is 13.0 Å². The van der Waals surface area contributed by atoms with E-state index in [9.17, 15) is 4.79 Å². The molecule has 0 aliphatic carbocycles. The molecule has 23 heavy (non-hydrogen) atoms. The summed E-state index contributed by atoms with van der Waals surface area (Å²) in [6, 6.07) is 14.1. The maximum Gasteiger partial charge on any atom is 0.261 e. The highest BCUT2D eigenvalue weighted by molar-refractivity contribution is 5.91. The summed E-state index contributed by atoms with van der Waals surface area (Å²) in [6.07, 6.45) is 0.852. The van der Waals surface area contributed by atoms with Gasteiger partial charge in [0.25, 0.3) is 5.56 Å². The Labute approximate surface area is 132 Å². The topological polar surface area (TPSA) is 50.7 Å². The number of para-hydroxylation sites is 1. The molecule has 1 aliphatic heterocycles. The predicted octanol–water partition coefficient (Wildman–Crippen LogP) is 3.41. The van der Waals surface area contributed by atoms with E-state index in [1.807, 2.05) is 31.2 Å². The van der Waals surface area contributed by atoms with Crippen LogP contribution in [0.4, 0.5) is 0 Å². The van der Waals surface area contributed by atoms with E-state index in [1.54, 1.807) is 4.57 Å². The molecule has 2 aromatic heterocycles. The van der Waals surface area contributed by atoms with Crippen molar-refractivity contribution >= 4 is 21.8 Å². The maximum absolute atomic E-state index is 12.8. The van der Waals surface area contributed by atoms with Crippen LogP contribution in [0.1, 0.15) is 11.1 Å². The van der Waals surface area contributed by atoms with Crippen LogP contribution in [0.2, 0.25) is 0 Å². The zero-order chi connectivity index (χ0) is 15.6. The second kappa shape index (κ2) is 4.32. The second-order valence-corrected chi connectivity index (χ2v) is 6.19. The number of rotatable bonds is 0. The highest BCUT2D eigenvalue weighted by Gasteiger charge is 2.23. The van der Waals surface area contributed by atoms with Gasteiger partial charge < -0.3 is 4.98 Å². The number of benzene rings is 2. The van der Waals surface area contributed by atoms with Crippen LogP contribution in [0.15, 0.2) is 47.3 Å². The van der Waals surface area contributed by atoms with Gasteiger partial charge in [0.15, 0.2) is 5.82 Å². The summed E-state index contributed by atoms with van der Waals surface area (Å²) in [5, 5.41) is 1.92. The van der Waals surface area contributed by atoms with Crippen molar-refractivity contribution in [3.8, 4) is 11.5 Å². The molecule has 0 atom stereocenters. The number of hydrogen-bond acceptors (Lipinski definition) is 2. The van der Waals surface area contributed by atoms with Crippen LogP contribution in [0.25, 0.3) is 33.3 Å². The summed E-state index contributed by atoms with van der Waals surface area (Å²) in [5.41, 5.74) is 5.28. The Morgan fingerprint density at radius 2 is 2.00 bits per heavy atom. The van der Waals surface area contributed by atoms with E-state index in [1.165, 1.54) is 10.9 Å². The molecule has 0 unspecified atom stereocenters. The number of hydrogen-bond donors (Lipinski definition) is 1. The number of H-pyrrole nitrogens is 1. The first-order valence-corrected chi connectivity index (χ1v) is 7.83. The van der Waals surface area contributed by atoms with Crippen molar-refractivity contribution in [2.45, 2.75) is 19.9 Å². The molecule has 4 aromatic rings. The first-order chi connectivity index (χ1) is 11.2. The van der Waals surface area contributed by atoms with Gasteiger partial charge >= 0.3 is 0 Å². The third kappa shape index (κ3) is 1.66. The Hall–Kier alpha value is -2.88. The lowest BCUT2D eigenvalue weighted by atomic mass is 10.0. The minimum Gasteiger partial charge on any atom is -0.352 e. The summed E-state index contributed by atoms with van der Waals surface area (Å²) < 4.78 is 1.80. The van der Waals surface area contributed by atoms with Gasteiger partial charge in [-0.2, -0.15) is 0 Å². The fourth-order valence-electron chi connectivity index (χ4n) is 3.60. The molecule has 5 rings (SSSR count). The summed E-state index contributed by atoms with van der Waals surface area (Å²) in [7, 11) is 0. The molecular formula is C19H15N3O. The van der Waals surface area contributed by atoms with Crippen molar-refractivity contribution in [1.29, 1.82) is 0 Å². The van der Waals surface area contributed by atoms with Gasteiger partial charge in [-0.25, -0.2) is 4.98 Å². The van der Waals surface area contributed by atoms with Crippen molar-refractivity contribution in [2.75, 3.05) is 0 Å². The van der Waals surface area contributed by atoms with Crippen molar-refractivity contribution < 1.29 is 0 Å². The lowest BCUT2D eigenvalue weighted by Crippen LogP contribution is -2.27. The third-order valence-electron chi connectivity index (χ3n) is 4.73. The maximum atomic E-state index is 12.8. The number of fused-ring (bicyclic) bond motifs is 6.